The number of nitrogens with zero attached hydrogens (tertiary/aromatic N) is 1. The lowest BCUT2D eigenvalue weighted by atomic mass is 10.1. The van der Waals surface area contributed by atoms with E-state index in [1.807, 2.05) is 37.4 Å². The molecule has 0 aliphatic carbocycles. The number of ether oxygens (including phenoxy) is 1. The maximum absolute atomic E-state index is 11.7. The van der Waals surface area contributed by atoms with Crippen LogP contribution >= 0.6 is 0 Å². The molecule has 16 heavy (non-hydrogen) atoms. The average molecular weight is 220 g/mol. The van der Waals surface area contributed by atoms with E-state index in [1.54, 1.807) is 4.90 Å². The highest BCUT2D eigenvalue weighted by Gasteiger charge is 2.25. The molecule has 1 aromatic carbocycles. The first-order chi connectivity index (χ1) is 7.77. The number of para-hydroxylation sites is 1. The van der Waals surface area contributed by atoms with E-state index in [9.17, 15) is 4.79 Å². The van der Waals surface area contributed by atoms with Gasteiger partial charge in [-0.3, -0.25) is 4.79 Å². The molecule has 4 nitrogen and oxygen atoms in total. The molecule has 1 N–H and O–H groups in total. The van der Waals surface area contributed by atoms with Gasteiger partial charge in [0.25, 0.3) is 5.91 Å². The number of likely N-dealkylation sites (N-methyl/N-ethyl adjacent to an activating group) is 1. The molecule has 1 heterocycles. The van der Waals surface area contributed by atoms with E-state index in [-0.39, 0.29) is 12.5 Å². The van der Waals surface area contributed by atoms with Gasteiger partial charge < -0.3 is 15.0 Å². The third-order valence-electron chi connectivity index (χ3n) is 2.81. The summed E-state index contributed by atoms with van der Waals surface area (Å²) in [7, 11) is 1.82. The van der Waals surface area contributed by atoms with Crippen LogP contribution in [0.2, 0.25) is 0 Å². The van der Waals surface area contributed by atoms with Crippen LogP contribution in [0, 0.1) is 0 Å². The molecule has 0 spiro atoms. The second-order valence-corrected chi connectivity index (χ2v) is 3.92. The summed E-state index contributed by atoms with van der Waals surface area (Å²) in [6, 6.07) is 9.71. The van der Waals surface area contributed by atoms with Gasteiger partial charge >= 0.3 is 0 Å². The number of hydrogen-bond acceptors (Lipinski definition) is 3. The summed E-state index contributed by atoms with van der Waals surface area (Å²) < 4.78 is 5.40. The van der Waals surface area contributed by atoms with Crippen molar-refractivity contribution in [3.63, 3.8) is 0 Å². The molecule has 0 unspecified atom stereocenters. The molecule has 2 rings (SSSR count). The molecule has 0 radical (unpaired) electrons. The van der Waals surface area contributed by atoms with Crippen LogP contribution in [0.5, 0.6) is 5.75 Å². The number of carbonyl (C=O) groups excluding carboxylic acids is 1. The molecule has 0 atom stereocenters. The van der Waals surface area contributed by atoms with Crippen molar-refractivity contribution in [2.45, 2.75) is 6.04 Å². The molecular formula is C12H16N2O2. The monoisotopic (exact) mass is 220 g/mol. The Labute approximate surface area is 95.2 Å². The van der Waals surface area contributed by atoms with Gasteiger partial charge in [-0.25, -0.2) is 0 Å². The first kappa shape index (κ1) is 11.0. The lowest BCUT2D eigenvalue weighted by Crippen LogP contribution is -2.58. The minimum absolute atomic E-state index is 0.0235. The van der Waals surface area contributed by atoms with E-state index in [0.29, 0.717) is 6.04 Å². The summed E-state index contributed by atoms with van der Waals surface area (Å²) in [5.41, 5.74) is 0. The van der Waals surface area contributed by atoms with Gasteiger partial charge in [0.05, 0.1) is 6.04 Å². The van der Waals surface area contributed by atoms with Crippen molar-refractivity contribution in [2.24, 2.45) is 0 Å². The van der Waals surface area contributed by atoms with E-state index in [0.717, 1.165) is 18.8 Å². The van der Waals surface area contributed by atoms with Crippen LogP contribution in [0.25, 0.3) is 0 Å². The number of rotatable bonds is 4. The summed E-state index contributed by atoms with van der Waals surface area (Å²) in [6.45, 7) is 1.87. The van der Waals surface area contributed by atoms with Crippen LogP contribution in [-0.2, 0) is 4.79 Å². The van der Waals surface area contributed by atoms with Gasteiger partial charge in [-0.2, -0.15) is 0 Å². The molecule has 0 saturated carbocycles. The van der Waals surface area contributed by atoms with E-state index in [2.05, 4.69) is 5.32 Å². The standard InChI is InChI=1S/C12H16N2O2/c1-14(10-7-13-8-10)12(15)9-16-11-5-3-2-4-6-11/h2-6,10,13H,7-9H2,1H3. The molecule has 1 aliphatic heterocycles. The fraction of sp³-hybridized carbons (Fsp3) is 0.417. The molecule has 1 aliphatic rings. The molecule has 1 saturated heterocycles. The topological polar surface area (TPSA) is 41.6 Å². The zero-order valence-corrected chi connectivity index (χ0v) is 9.35. The van der Waals surface area contributed by atoms with Crippen LogP contribution in [0.4, 0.5) is 0 Å². The molecule has 0 aromatic heterocycles. The maximum Gasteiger partial charge on any atom is 0.260 e. The van der Waals surface area contributed by atoms with Crippen LogP contribution < -0.4 is 10.1 Å². The molecule has 1 aromatic rings. The van der Waals surface area contributed by atoms with Crippen molar-refractivity contribution in [3.8, 4) is 5.75 Å². The predicted molar refractivity (Wildman–Crippen MR) is 61.4 cm³/mol. The van der Waals surface area contributed by atoms with Crippen molar-refractivity contribution in [2.75, 3.05) is 26.7 Å². The third-order valence-corrected chi connectivity index (χ3v) is 2.81. The van der Waals surface area contributed by atoms with Crippen LogP contribution in [0.15, 0.2) is 30.3 Å². The molecule has 0 bridgehead atoms. The Bertz CT molecular complexity index is 349. The minimum atomic E-state index is 0.0235. The number of benzene rings is 1. The molecule has 86 valence electrons. The van der Waals surface area contributed by atoms with Gasteiger partial charge in [-0.15, -0.1) is 0 Å². The minimum Gasteiger partial charge on any atom is -0.484 e. The Morgan fingerprint density at radius 1 is 1.44 bits per heavy atom. The second-order valence-electron chi connectivity index (χ2n) is 3.92. The fourth-order valence-corrected chi connectivity index (χ4v) is 1.51. The average Bonchev–Trinajstić information content (AvgIpc) is 2.25. The predicted octanol–water partition coefficient (Wildman–Crippen LogP) is 0.496. The maximum atomic E-state index is 11.7. The van der Waals surface area contributed by atoms with Gasteiger partial charge in [-0.1, -0.05) is 18.2 Å². The zero-order chi connectivity index (χ0) is 11.4. The highest BCUT2D eigenvalue weighted by atomic mass is 16.5. The smallest absolute Gasteiger partial charge is 0.260 e. The third kappa shape index (κ3) is 2.52. The molecule has 4 heteroatoms. The van der Waals surface area contributed by atoms with E-state index >= 15 is 0 Å². The number of hydrogen-bond donors (Lipinski definition) is 1. The Morgan fingerprint density at radius 3 is 2.69 bits per heavy atom. The van der Waals surface area contributed by atoms with Crippen LogP contribution in [0.3, 0.4) is 0 Å². The van der Waals surface area contributed by atoms with Gasteiger partial charge in [0.15, 0.2) is 6.61 Å². The Hall–Kier alpha value is -1.55. The number of nitrogens with one attached hydrogen (secondary N) is 1. The highest BCUT2D eigenvalue weighted by molar-refractivity contribution is 5.78. The Balaban J connectivity index is 1.79. The SMILES string of the molecule is CN(C(=O)COc1ccccc1)C1CNC1. The van der Waals surface area contributed by atoms with Crippen molar-refractivity contribution < 1.29 is 9.53 Å². The van der Waals surface area contributed by atoms with Crippen molar-refractivity contribution in [1.29, 1.82) is 0 Å². The first-order valence-corrected chi connectivity index (χ1v) is 5.41. The molecule has 1 amide bonds. The van der Waals surface area contributed by atoms with Crippen molar-refractivity contribution >= 4 is 5.91 Å². The first-order valence-electron chi connectivity index (χ1n) is 5.41. The van der Waals surface area contributed by atoms with Crippen LogP contribution in [0.1, 0.15) is 0 Å². The van der Waals surface area contributed by atoms with Gasteiger partial charge in [-0.05, 0) is 12.1 Å². The summed E-state index contributed by atoms with van der Waals surface area (Å²) in [6.07, 6.45) is 0. The molecule has 1 fully saturated rings. The van der Waals surface area contributed by atoms with E-state index < -0.39 is 0 Å². The van der Waals surface area contributed by atoms with E-state index in [1.165, 1.54) is 0 Å². The van der Waals surface area contributed by atoms with Gasteiger partial charge in [0.2, 0.25) is 0 Å². The van der Waals surface area contributed by atoms with E-state index in [4.69, 9.17) is 4.74 Å². The molecular weight excluding hydrogens is 204 g/mol. The number of carbonyl (C=O) groups is 1. The van der Waals surface area contributed by atoms with Gasteiger partial charge in [0.1, 0.15) is 5.75 Å². The largest absolute Gasteiger partial charge is 0.484 e. The summed E-state index contributed by atoms with van der Waals surface area (Å²) in [5, 5.41) is 3.14. The van der Waals surface area contributed by atoms with Crippen molar-refractivity contribution in [1.82, 2.24) is 10.2 Å². The summed E-state index contributed by atoms with van der Waals surface area (Å²) in [4.78, 5) is 13.5. The van der Waals surface area contributed by atoms with Crippen LogP contribution in [-0.4, -0.2) is 43.6 Å². The number of amides is 1. The highest BCUT2D eigenvalue weighted by Crippen LogP contribution is 2.09. The fourth-order valence-electron chi connectivity index (χ4n) is 1.51. The summed E-state index contributed by atoms with van der Waals surface area (Å²) in [5.74, 6) is 0.756. The Kier molecular flexibility index (Phi) is 3.41. The summed E-state index contributed by atoms with van der Waals surface area (Å²) >= 11 is 0. The lowest BCUT2D eigenvalue weighted by molar-refractivity contribution is -0.135. The lowest BCUT2D eigenvalue weighted by Gasteiger charge is -2.35. The van der Waals surface area contributed by atoms with Crippen molar-refractivity contribution in [3.05, 3.63) is 30.3 Å². The zero-order valence-electron chi connectivity index (χ0n) is 9.35. The quantitative estimate of drug-likeness (QED) is 0.803. The normalized spacial score (nSPS) is 15.3. The van der Waals surface area contributed by atoms with Gasteiger partial charge in [0, 0.05) is 20.1 Å². The Morgan fingerprint density at radius 2 is 2.12 bits per heavy atom. The second kappa shape index (κ2) is 4.99.